The first-order chi connectivity index (χ1) is 10.1. The number of hydrogen-bond acceptors (Lipinski definition) is 2. The molecule has 2 aromatic carbocycles. The molecule has 4 heteroatoms. The van der Waals surface area contributed by atoms with Crippen molar-refractivity contribution in [1.82, 2.24) is 0 Å². The van der Waals surface area contributed by atoms with Gasteiger partial charge in [0.05, 0.1) is 16.7 Å². The van der Waals surface area contributed by atoms with Crippen LogP contribution in [0.25, 0.3) is 0 Å². The van der Waals surface area contributed by atoms with E-state index in [2.05, 4.69) is 24.4 Å². The molecule has 0 aromatic heterocycles. The van der Waals surface area contributed by atoms with Crippen molar-refractivity contribution in [2.75, 3.05) is 19.0 Å². The summed E-state index contributed by atoms with van der Waals surface area (Å²) in [5, 5.41) is 4.68. The van der Waals surface area contributed by atoms with E-state index in [9.17, 15) is 0 Å². The van der Waals surface area contributed by atoms with Crippen LogP contribution in [-0.4, -0.2) is 13.7 Å². The van der Waals surface area contributed by atoms with Gasteiger partial charge < -0.3 is 10.1 Å². The molecule has 112 valence electrons. The van der Waals surface area contributed by atoms with Gasteiger partial charge in [-0.05, 0) is 42.7 Å². The number of methoxy groups -OCH3 is 1. The van der Waals surface area contributed by atoms with Crippen LogP contribution in [0.2, 0.25) is 10.0 Å². The Bertz CT molecular complexity index is 601. The Hall–Kier alpha value is -1.22. The van der Waals surface area contributed by atoms with Crippen LogP contribution in [0.3, 0.4) is 0 Å². The zero-order valence-electron chi connectivity index (χ0n) is 12.2. The van der Waals surface area contributed by atoms with Gasteiger partial charge in [-0.1, -0.05) is 47.5 Å². The topological polar surface area (TPSA) is 21.3 Å². The number of para-hydroxylation sites is 1. The summed E-state index contributed by atoms with van der Waals surface area (Å²) in [5.74, 6) is 0. The van der Waals surface area contributed by atoms with Gasteiger partial charge in [0.1, 0.15) is 0 Å². The number of benzene rings is 2. The number of anilines is 1. The lowest BCUT2D eigenvalue weighted by molar-refractivity contribution is 0.202. The molecule has 21 heavy (non-hydrogen) atoms. The molecule has 2 nitrogen and oxygen atoms in total. The molecular weight excluding hydrogens is 305 g/mol. The van der Waals surface area contributed by atoms with Crippen LogP contribution in [0.1, 0.15) is 24.1 Å². The summed E-state index contributed by atoms with van der Waals surface area (Å²) in [5.41, 5.74) is 3.46. The summed E-state index contributed by atoms with van der Waals surface area (Å²) in [4.78, 5) is 0. The van der Waals surface area contributed by atoms with Crippen LogP contribution < -0.4 is 5.32 Å². The number of hydrogen-bond donors (Lipinski definition) is 1. The second-order valence-corrected chi connectivity index (χ2v) is 5.75. The summed E-state index contributed by atoms with van der Waals surface area (Å²) in [7, 11) is 1.72. The Kier molecular flexibility index (Phi) is 5.92. The lowest BCUT2D eigenvalue weighted by Crippen LogP contribution is -2.09. The molecule has 0 bridgehead atoms. The number of rotatable bonds is 6. The van der Waals surface area contributed by atoms with Crippen LogP contribution in [0, 0.1) is 0 Å². The highest BCUT2D eigenvalue weighted by atomic mass is 35.5. The van der Waals surface area contributed by atoms with Crippen molar-refractivity contribution in [2.24, 2.45) is 0 Å². The van der Waals surface area contributed by atoms with Crippen LogP contribution in [0.4, 0.5) is 5.69 Å². The molecule has 0 saturated carbocycles. The number of halogens is 2. The minimum atomic E-state index is 0.142. The van der Waals surface area contributed by atoms with E-state index in [1.807, 2.05) is 30.3 Å². The lowest BCUT2D eigenvalue weighted by Gasteiger charge is -2.19. The zero-order valence-corrected chi connectivity index (χ0v) is 13.7. The molecule has 0 aliphatic carbocycles. The fraction of sp³-hybridized carbons (Fsp3) is 0.294. The van der Waals surface area contributed by atoms with Crippen LogP contribution >= 0.6 is 23.2 Å². The van der Waals surface area contributed by atoms with E-state index in [1.54, 1.807) is 7.11 Å². The first kappa shape index (κ1) is 16.2. The first-order valence-electron chi connectivity index (χ1n) is 6.90. The Morgan fingerprint density at radius 2 is 1.86 bits per heavy atom. The van der Waals surface area contributed by atoms with Crippen LogP contribution in [0.15, 0.2) is 42.5 Å². The van der Waals surface area contributed by atoms with Gasteiger partial charge in [0, 0.05) is 18.8 Å². The van der Waals surface area contributed by atoms with E-state index in [1.165, 1.54) is 5.56 Å². The quantitative estimate of drug-likeness (QED) is 0.773. The second kappa shape index (κ2) is 7.69. The molecule has 0 heterocycles. The normalized spacial score (nSPS) is 12.2. The molecular formula is C17H19Cl2NO. The zero-order chi connectivity index (χ0) is 15.2. The molecule has 1 unspecified atom stereocenters. The van der Waals surface area contributed by atoms with Crippen molar-refractivity contribution < 1.29 is 4.74 Å². The standard InChI is InChI=1S/C17H19Cl2NO/c1-12(14-7-8-15(18)16(19)11-14)20-17-6-4-3-5-13(17)9-10-21-2/h3-8,11-12,20H,9-10H2,1-2H3. The fourth-order valence-electron chi connectivity index (χ4n) is 2.19. The van der Waals surface area contributed by atoms with Gasteiger partial charge in [-0.25, -0.2) is 0 Å². The van der Waals surface area contributed by atoms with Crippen molar-refractivity contribution in [3.8, 4) is 0 Å². The largest absolute Gasteiger partial charge is 0.384 e. The second-order valence-electron chi connectivity index (χ2n) is 4.94. The van der Waals surface area contributed by atoms with Gasteiger partial charge in [0.2, 0.25) is 0 Å². The first-order valence-corrected chi connectivity index (χ1v) is 7.65. The van der Waals surface area contributed by atoms with E-state index < -0.39 is 0 Å². The van der Waals surface area contributed by atoms with Gasteiger partial charge in [-0.15, -0.1) is 0 Å². The number of nitrogens with one attached hydrogen (secondary N) is 1. The highest BCUT2D eigenvalue weighted by Gasteiger charge is 2.09. The summed E-state index contributed by atoms with van der Waals surface area (Å²) < 4.78 is 5.16. The summed E-state index contributed by atoms with van der Waals surface area (Å²) in [6.45, 7) is 2.81. The van der Waals surface area contributed by atoms with Crippen molar-refractivity contribution in [3.63, 3.8) is 0 Å². The summed E-state index contributed by atoms with van der Waals surface area (Å²) >= 11 is 12.0. The van der Waals surface area contributed by atoms with Gasteiger partial charge in [0.25, 0.3) is 0 Å². The van der Waals surface area contributed by atoms with E-state index in [-0.39, 0.29) is 6.04 Å². The Labute approximate surface area is 136 Å². The third-order valence-corrected chi connectivity index (χ3v) is 4.15. The SMILES string of the molecule is COCCc1ccccc1NC(C)c1ccc(Cl)c(Cl)c1. The monoisotopic (exact) mass is 323 g/mol. The van der Waals surface area contributed by atoms with E-state index in [4.69, 9.17) is 27.9 Å². The third-order valence-electron chi connectivity index (χ3n) is 3.41. The fourth-order valence-corrected chi connectivity index (χ4v) is 2.50. The molecule has 0 amide bonds. The average molecular weight is 324 g/mol. The maximum Gasteiger partial charge on any atom is 0.0595 e. The third kappa shape index (κ3) is 4.37. The van der Waals surface area contributed by atoms with Crippen molar-refractivity contribution in [1.29, 1.82) is 0 Å². The average Bonchev–Trinajstić information content (AvgIpc) is 2.49. The van der Waals surface area contributed by atoms with Gasteiger partial charge >= 0.3 is 0 Å². The maximum atomic E-state index is 6.08. The predicted molar refractivity (Wildman–Crippen MR) is 90.5 cm³/mol. The molecule has 0 spiro atoms. The molecule has 1 atom stereocenters. The molecule has 2 aromatic rings. The Morgan fingerprint density at radius 3 is 2.57 bits per heavy atom. The van der Waals surface area contributed by atoms with E-state index >= 15 is 0 Å². The summed E-state index contributed by atoms with van der Waals surface area (Å²) in [6.07, 6.45) is 0.883. The Balaban J connectivity index is 2.15. The molecule has 0 aliphatic rings. The highest BCUT2D eigenvalue weighted by Crippen LogP contribution is 2.28. The lowest BCUT2D eigenvalue weighted by atomic mass is 10.1. The molecule has 0 saturated heterocycles. The Morgan fingerprint density at radius 1 is 1.10 bits per heavy atom. The molecule has 0 aliphatic heterocycles. The van der Waals surface area contributed by atoms with Crippen molar-refractivity contribution in [3.05, 3.63) is 63.6 Å². The van der Waals surface area contributed by atoms with E-state index in [0.29, 0.717) is 16.7 Å². The van der Waals surface area contributed by atoms with E-state index in [0.717, 1.165) is 17.7 Å². The van der Waals surface area contributed by atoms with Crippen LogP contribution in [-0.2, 0) is 11.2 Å². The van der Waals surface area contributed by atoms with Crippen molar-refractivity contribution in [2.45, 2.75) is 19.4 Å². The minimum Gasteiger partial charge on any atom is -0.384 e. The van der Waals surface area contributed by atoms with Crippen LogP contribution in [0.5, 0.6) is 0 Å². The van der Waals surface area contributed by atoms with Gasteiger partial charge in [0.15, 0.2) is 0 Å². The minimum absolute atomic E-state index is 0.142. The van der Waals surface area contributed by atoms with Gasteiger partial charge in [-0.2, -0.15) is 0 Å². The highest BCUT2D eigenvalue weighted by molar-refractivity contribution is 6.42. The predicted octanol–water partition coefficient (Wildman–Crippen LogP) is 5.36. The molecule has 0 radical (unpaired) electrons. The molecule has 1 N–H and O–H groups in total. The smallest absolute Gasteiger partial charge is 0.0595 e. The molecule has 2 rings (SSSR count). The molecule has 0 fully saturated rings. The number of ether oxygens (including phenoxy) is 1. The van der Waals surface area contributed by atoms with Gasteiger partial charge in [-0.3, -0.25) is 0 Å². The van der Waals surface area contributed by atoms with Crippen molar-refractivity contribution >= 4 is 28.9 Å². The summed E-state index contributed by atoms with van der Waals surface area (Å²) in [6, 6.07) is 14.1. The maximum absolute atomic E-state index is 6.08.